The molecule has 0 saturated heterocycles. The molecular weight excluding hydrogens is 326 g/mol. The molecule has 128 valence electrons. The van der Waals surface area contributed by atoms with Gasteiger partial charge in [0.25, 0.3) is 5.91 Å². The number of amides is 1. The van der Waals surface area contributed by atoms with Crippen LogP contribution in [-0.2, 0) is 4.79 Å². The SMILES string of the molecule is C/C(=N/NC(=O)COc1ccc(C#N)cc1)c1ccc2ccccc2c1. The number of hydrogen-bond acceptors (Lipinski definition) is 4. The average molecular weight is 343 g/mol. The maximum Gasteiger partial charge on any atom is 0.277 e. The van der Waals surface area contributed by atoms with E-state index in [9.17, 15) is 4.79 Å². The lowest BCUT2D eigenvalue weighted by atomic mass is 10.0. The van der Waals surface area contributed by atoms with Crippen LogP contribution in [0.5, 0.6) is 5.75 Å². The molecule has 1 amide bonds. The number of nitriles is 1. The van der Waals surface area contributed by atoms with Crippen molar-refractivity contribution in [2.24, 2.45) is 5.10 Å². The minimum atomic E-state index is -0.352. The number of rotatable bonds is 5. The van der Waals surface area contributed by atoms with E-state index in [1.807, 2.05) is 55.5 Å². The number of nitrogens with one attached hydrogen (secondary N) is 1. The molecule has 0 aromatic heterocycles. The molecule has 5 nitrogen and oxygen atoms in total. The third-order valence-corrected chi connectivity index (χ3v) is 3.87. The molecule has 0 atom stereocenters. The van der Waals surface area contributed by atoms with E-state index in [0.29, 0.717) is 17.0 Å². The van der Waals surface area contributed by atoms with Gasteiger partial charge in [-0.15, -0.1) is 0 Å². The summed E-state index contributed by atoms with van der Waals surface area (Å²) in [5.41, 5.74) is 4.69. The van der Waals surface area contributed by atoms with Crippen LogP contribution < -0.4 is 10.2 Å². The first-order valence-corrected chi connectivity index (χ1v) is 8.11. The number of hydrogen-bond donors (Lipinski definition) is 1. The number of benzene rings is 3. The Balaban J connectivity index is 1.58. The van der Waals surface area contributed by atoms with Crippen molar-refractivity contribution in [1.29, 1.82) is 5.26 Å². The van der Waals surface area contributed by atoms with Gasteiger partial charge in [0.05, 0.1) is 17.3 Å². The van der Waals surface area contributed by atoms with Gasteiger partial charge in [0.15, 0.2) is 6.61 Å². The maximum absolute atomic E-state index is 11.9. The second kappa shape index (κ2) is 7.95. The fraction of sp³-hybridized carbons (Fsp3) is 0.0952. The van der Waals surface area contributed by atoms with Gasteiger partial charge in [-0.2, -0.15) is 10.4 Å². The molecule has 3 aromatic rings. The van der Waals surface area contributed by atoms with Gasteiger partial charge in [-0.05, 0) is 53.6 Å². The standard InChI is InChI=1S/C21H17N3O2/c1-15(18-9-8-17-4-2-3-5-19(17)12-18)23-24-21(25)14-26-20-10-6-16(13-22)7-11-20/h2-12H,14H2,1H3,(H,24,25)/b23-15-. The van der Waals surface area contributed by atoms with Gasteiger partial charge in [-0.3, -0.25) is 4.79 Å². The molecule has 0 unspecified atom stereocenters. The molecule has 3 aromatic carbocycles. The first-order chi connectivity index (χ1) is 12.7. The number of carbonyl (C=O) groups excluding carboxylic acids is 1. The van der Waals surface area contributed by atoms with Crippen LogP contribution in [0.15, 0.2) is 71.8 Å². The summed E-state index contributed by atoms with van der Waals surface area (Å²) in [5.74, 6) is 0.170. The largest absolute Gasteiger partial charge is 0.484 e. The quantitative estimate of drug-likeness (QED) is 0.568. The first kappa shape index (κ1) is 17.2. The molecule has 0 aliphatic heterocycles. The Morgan fingerprint density at radius 3 is 2.54 bits per heavy atom. The van der Waals surface area contributed by atoms with Crippen molar-refractivity contribution in [3.63, 3.8) is 0 Å². The van der Waals surface area contributed by atoms with E-state index in [0.717, 1.165) is 16.3 Å². The lowest BCUT2D eigenvalue weighted by Gasteiger charge is -2.06. The summed E-state index contributed by atoms with van der Waals surface area (Å²) in [6, 6.07) is 22.7. The fourth-order valence-corrected chi connectivity index (χ4v) is 2.43. The number of carbonyl (C=O) groups is 1. The van der Waals surface area contributed by atoms with Crippen molar-refractivity contribution >= 4 is 22.4 Å². The third-order valence-electron chi connectivity index (χ3n) is 3.87. The average Bonchev–Trinajstić information content (AvgIpc) is 2.70. The summed E-state index contributed by atoms with van der Waals surface area (Å²) in [4.78, 5) is 11.9. The zero-order valence-electron chi connectivity index (χ0n) is 14.3. The Bertz CT molecular complexity index is 1000. The van der Waals surface area contributed by atoms with Gasteiger partial charge in [0.2, 0.25) is 0 Å². The van der Waals surface area contributed by atoms with Crippen LogP contribution in [0.3, 0.4) is 0 Å². The van der Waals surface area contributed by atoms with E-state index < -0.39 is 0 Å². The van der Waals surface area contributed by atoms with E-state index in [4.69, 9.17) is 10.00 Å². The third kappa shape index (κ3) is 4.25. The lowest BCUT2D eigenvalue weighted by Crippen LogP contribution is -2.25. The Labute approximate surface area is 151 Å². The maximum atomic E-state index is 11.9. The molecule has 0 bridgehead atoms. The molecule has 3 rings (SSSR count). The molecular formula is C21H17N3O2. The number of hydrazone groups is 1. The van der Waals surface area contributed by atoms with E-state index in [1.54, 1.807) is 24.3 Å². The molecule has 1 N–H and O–H groups in total. The molecule has 0 radical (unpaired) electrons. The number of nitrogens with zero attached hydrogens (tertiary/aromatic N) is 2. The summed E-state index contributed by atoms with van der Waals surface area (Å²) in [6.07, 6.45) is 0. The van der Waals surface area contributed by atoms with E-state index in [2.05, 4.69) is 10.5 Å². The molecule has 5 heteroatoms. The van der Waals surface area contributed by atoms with Crippen molar-refractivity contribution in [3.05, 3.63) is 77.9 Å². The first-order valence-electron chi connectivity index (χ1n) is 8.11. The minimum Gasteiger partial charge on any atom is -0.484 e. The smallest absolute Gasteiger partial charge is 0.277 e. The number of fused-ring (bicyclic) bond motifs is 1. The molecule has 0 aliphatic rings. The Kier molecular flexibility index (Phi) is 5.25. The van der Waals surface area contributed by atoms with Gasteiger partial charge in [-0.1, -0.05) is 36.4 Å². The summed E-state index contributed by atoms with van der Waals surface area (Å²) >= 11 is 0. The molecule has 0 heterocycles. The predicted octanol–water partition coefficient (Wildman–Crippen LogP) is 3.63. The van der Waals surface area contributed by atoms with Crippen LogP contribution in [0.1, 0.15) is 18.1 Å². The topological polar surface area (TPSA) is 74.5 Å². The van der Waals surface area contributed by atoms with Crippen molar-refractivity contribution in [3.8, 4) is 11.8 Å². The summed E-state index contributed by atoms with van der Waals surface area (Å²) in [7, 11) is 0. The van der Waals surface area contributed by atoms with Gasteiger partial charge in [0.1, 0.15) is 5.75 Å². The summed E-state index contributed by atoms with van der Waals surface area (Å²) in [5, 5.41) is 15.2. The van der Waals surface area contributed by atoms with Gasteiger partial charge >= 0.3 is 0 Å². The van der Waals surface area contributed by atoms with Crippen LogP contribution in [0.25, 0.3) is 10.8 Å². The van der Waals surface area contributed by atoms with E-state index in [-0.39, 0.29) is 12.5 Å². The van der Waals surface area contributed by atoms with Crippen LogP contribution in [-0.4, -0.2) is 18.2 Å². The fourth-order valence-electron chi connectivity index (χ4n) is 2.43. The minimum absolute atomic E-state index is 0.152. The van der Waals surface area contributed by atoms with Crippen LogP contribution >= 0.6 is 0 Å². The highest BCUT2D eigenvalue weighted by Crippen LogP contribution is 2.16. The Hall–Kier alpha value is -3.65. The van der Waals surface area contributed by atoms with Crippen LogP contribution in [0.4, 0.5) is 0 Å². The molecule has 26 heavy (non-hydrogen) atoms. The number of ether oxygens (including phenoxy) is 1. The van der Waals surface area contributed by atoms with Crippen molar-refractivity contribution in [2.75, 3.05) is 6.61 Å². The van der Waals surface area contributed by atoms with Gasteiger partial charge in [-0.25, -0.2) is 5.43 Å². The molecule has 0 spiro atoms. The summed E-state index contributed by atoms with van der Waals surface area (Å²) < 4.78 is 5.37. The second-order valence-electron chi connectivity index (χ2n) is 5.72. The highest BCUT2D eigenvalue weighted by atomic mass is 16.5. The van der Waals surface area contributed by atoms with Crippen LogP contribution in [0.2, 0.25) is 0 Å². The molecule has 0 aliphatic carbocycles. The zero-order chi connectivity index (χ0) is 18.4. The summed E-state index contributed by atoms with van der Waals surface area (Å²) in [6.45, 7) is 1.69. The zero-order valence-corrected chi connectivity index (χ0v) is 14.3. The van der Waals surface area contributed by atoms with Gasteiger partial charge in [0, 0.05) is 0 Å². The van der Waals surface area contributed by atoms with Crippen molar-refractivity contribution in [1.82, 2.24) is 5.43 Å². The van der Waals surface area contributed by atoms with E-state index in [1.165, 1.54) is 0 Å². The highest BCUT2D eigenvalue weighted by Gasteiger charge is 2.04. The highest BCUT2D eigenvalue weighted by molar-refractivity contribution is 6.02. The van der Waals surface area contributed by atoms with Crippen LogP contribution in [0, 0.1) is 11.3 Å². The van der Waals surface area contributed by atoms with E-state index >= 15 is 0 Å². The van der Waals surface area contributed by atoms with Crippen molar-refractivity contribution in [2.45, 2.75) is 6.92 Å². The molecule has 0 saturated carbocycles. The van der Waals surface area contributed by atoms with Crippen molar-refractivity contribution < 1.29 is 9.53 Å². The van der Waals surface area contributed by atoms with Gasteiger partial charge < -0.3 is 4.74 Å². The Morgan fingerprint density at radius 2 is 1.81 bits per heavy atom. The molecule has 0 fully saturated rings. The second-order valence-corrected chi connectivity index (χ2v) is 5.72. The Morgan fingerprint density at radius 1 is 1.08 bits per heavy atom. The monoisotopic (exact) mass is 343 g/mol. The normalized spacial score (nSPS) is 11.0. The predicted molar refractivity (Wildman–Crippen MR) is 101 cm³/mol. The lowest BCUT2D eigenvalue weighted by molar-refractivity contribution is -0.123.